The van der Waals surface area contributed by atoms with Gasteiger partial charge in [-0.25, -0.2) is 0 Å². The Morgan fingerprint density at radius 1 is 1.28 bits per heavy atom. The van der Waals surface area contributed by atoms with E-state index >= 15 is 0 Å². The Kier molecular flexibility index (Phi) is 6.92. The molecule has 8 heteroatoms. The van der Waals surface area contributed by atoms with Gasteiger partial charge in [-0.15, -0.1) is 12.4 Å². The summed E-state index contributed by atoms with van der Waals surface area (Å²) in [6.45, 7) is 6.47. The van der Waals surface area contributed by atoms with E-state index in [0.717, 1.165) is 32.6 Å². The zero-order valence-corrected chi connectivity index (χ0v) is 15.1. The second kappa shape index (κ2) is 8.94. The summed E-state index contributed by atoms with van der Waals surface area (Å²) < 4.78 is 1.65. The summed E-state index contributed by atoms with van der Waals surface area (Å²) in [6.07, 6.45) is 2.72. The van der Waals surface area contributed by atoms with Crippen molar-refractivity contribution in [2.24, 2.45) is 0 Å². The maximum absolute atomic E-state index is 10.7. The van der Waals surface area contributed by atoms with E-state index in [0.29, 0.717) is 12.6 Å². The van der Waals surface area contributed by atoms with Crippen molar-refractivity contribution in [3.63, 3.8) is 0 Å². The van der Waals surface area contributed by atoms with Gasteiger partial charge in [0.1, 0.15) is 0 Å². The highest BCUT2D eigenvalue weighted by Crippen LogP contribution is 2.22. The van der Waals surface area contributed by atoms with Crippen molar-refractivity contribution in [3.05, 3.63) is 57.8 Å². The van der Waals surface area contributed by atoms with Gasteiger partial charge in [-0.2, -0.15) is 4.68 Å². The number of nitro groups is 1. The second-order valence-corrected chi connectivity index (χ2v) is 6.05. The van der Waals surface area contributed by atoms with Crippen molar-refractivity contribution in [1.29, 1.82) is 0 Å². The Hall–Kier alpha value is -1.96. The van der Waals surface area contributed by atoms with Gasteiger partial charge in [-0.1, -0.05) is 31.2 Å². The maximum Gasteiger partial charge on any atom is 0.389 e. The predicted molar refractivity (Wildman–Crippen MR) is 99.1 cm³/mol. The van der Waals surface area contributed by atoms with Gasteiger partial charge in [-0.3, -0.25) is 4.90 Å². The summed E-state index contributed by atoms with van der Waals surface area (Å²) in [6, 6.07) is 10.6. The van der Waals surface area contributed by atoms with Crippen LogP contribution in [0, 0.1) is 10.1 Å². The highest BCUT2D eigenvalue weighted by atomic mass is 35.5. The van der Waals surface area contributed by atoms with E-state index < -0.39 is 4.92 Å². The number of rotatable bonds is 6. The van der Waals surface area contributed by atoms with Crippen molar-refractivity contribution in [1.82, 2.24) is 20.0 Å². The van der Waals surface area contributed by atoms with E-state index in [1.807, 2.05) is 0 Å². The number of piperazine rings is 1. The van der Waals surface area contributed by atoms with Crippen molar-refractivity contribution >= 4 is 18.2 Å². The first kappa shape index (κ1) is 19.4. The van der Waals surface area contributed by atoms with Crippen LogP contribution < -0.4 is 5.32 Å². The number of nitrogens with zero attached hydrogens (tertiary/aromatic N) is 4. The molecule has 2 aromatic rings. The lowest BCUT2D eigenvalue weighted by Gasteiger charge is -2.36. The molecular weight excluding hydrogens is 342 g/mol. The van der Waals surface area contributed by atoms with Crippen molar-refractivity contribution in [3.8, 4) is 0 Å². The molecular formula is C17H24ClN5O2. The van der Waals surface area contributed by atoms with Gasteiger partial charge in [0.15, 0.2) is 0 Å². The molecule has 2 heterocycles. The van der Waals surface area contributed by atoms with Crippen molar-refractivity contribution < 1.29 is 4.92 Å². The fraction of sp³-hybridized carbons (Fsp3) is 0.471. The molecule has 1 aromatic heterocycles. The van der Waals surface area contributed by atoms with Gasteiger partial charge < -0.3 is 15.4 Å². The second-order valence-electron chi connectivity index (χ2n) is 6.05. The van der Waals surface area contributed by atoms with Crippen LogP contribution in [-0.2, 0) is 13.0 Å². The molecule has 1 aliphatic heterocycles. The summed E-state index contributed by atoms with van der Waals surface area (Å²) in [7, 11) is 0. The highest BCUT2D eigenvalue weighted by molar-refractivity contribution is 5.85. The summed E-state index contributed by atoms with van der Waals surface area (Å²) in [4.78, 5) is 12.7. The lowest BCUT2D eigenvalue weighted by molar-refractivity contribution is -0.389. The number of nitrogens with one attached hydrogen (secondary N) is 1. The third-order valence-electron chi connectivity index (χ3n) is 4.56. The van der Waals surface area contributed by atoms with E-state index in [1.54, 1.807) is 10.9 Å². The maximum atomic E-state index is 10.7. The molecule has 0 aliphatic carbocycles. The van der Waals surface area contributed by atoms with E-state index in [2.05, 4.69) is 46.5 Å². The number of benzene rings is 1. The third-order valence-corrected chi connectivity index (χ3v) is 4.56. The van der Waals surface area contributed by atoms with Gasteiger partial charge in [0.2, 0.25) is 0 Å². The molecule has 1 saturated heterocycles. The zero-order valence-electron chi connectivity index (χ0n) is 14.3. The first-order chi connectivity index (χ1) is 11.7. The summed E-state index contributed by atoms with van der Waals surface area (Å²) in [5.41, 5.74) is 2.66. The Labute approximate surface area is 153 Å². The van der Waals surface area contributed by atoms with Crippen LogP contribution in [0.4, 0.5) is 5.82 Å². The van der Waals surface area contributed by atoms with Gasteiger partial charge >= 0.3 is 5.82 Å². The summed E-state index contributed by atoms with van der Waals surface area (Å²) in [5.74, 6) is -0.0954. The van der Waals surface area contributed by atoms with Crippen LogP contribution >= 0.6 is 12.4 Å². The van der Waals surface area contributed by atoms with E-state index in [9.17, 15) is 10.1 Å². The van der Waals surface area contributed by atoms with Gasteiger partial charge in [0.25, 0.3) is 0 Å². The van der Waals surface area contributed by atoms with E-state index in [4.69, 9.17) is 0 Å². The SMILES string of the molecule is CCc1ccc(C2CNCCN2CCn2ccc([N+](=O)[O-])n2)cc1.Cl. The first-order valence-electron chi connectivity index (χ1n) is 8.39. The third kappa shape index (κ3) is 4.78. The largest absolute Gasteiger partial charge is 0.389 e. The monoisotopic (exact) mass is 365 g/mol. The normalized spacial score (nSPS) is 17.9. The van der Waals surface area contributed by atoms with E-state index in [1.165, 1.54) is 17.2 Å². The smallest absolute Gasteiger partial charge is 0.358 e. The Morgan fingerprint density at radius 3 is 2.68 bits per heavy atom. The molecule has 1 N–H and O–H groups in total. The number of halogens is 1. The van der Waals surface area contributed by atoms with Gasteiger partial charge in [0, 0.05) is 32.2 Å². The molecule has 1 atom stereocenters. The van der Waals surface area contributed by atoms with Crippen molar-refractivity contribution in [2.75, 3.05) is 26.2 Å². The van der Waals surface area contributed by atoms with Crippen LogP contribution in [0.25, 0.3) is 0 Å². The van der Waals surface area contributed by atoms with Gasteiger partial charge in [0.05, 0.1) is 23.9 Å². The molecule has 1 unspecified atom stereocenters. The molecule has 7 nitrogen and oxygen atoms in total. The zero-order chi connectivity index (χ0) is 16.9. The van der Waals surface area contributed by atoms with Crippen molar-refractivity contribution in [2.45, 2.75) is 25.9 Å². The first-order valence-corrected chi connectivity index (χ1v) is 8.39. The average molecular weight is 366 g/mol. The molecule has 25 heavy (non-hydrogen) atoms. The quantitative estimate of drug-likeness (QED) is 0.628. The molecule has 0 saturated carbocycles. The van der Waals surface area contributed by atoms with E-state index in [-0.39, 0.29) is 18.2 Å². The topological polar surface area (TPSA) is 76.2 Å². The minimum atomic E-state index is -0.459. The van der Waals surface area contributed by atoms with Crippen LogP contribution in [0.15, 0.2) is 36.5 Å². The highest BCUT2D eigenvalue weighted by Gasteiger charge is 2.24. The molecule has 136 valence electrons. The minimum Gasteiger partial charge on any atom is -0.358 e. The molecule has 0 bridgehead atoms. The Bertz CT molecular complexity index is 689. The van der Waals surface area contributed by atoms with Crippen LogP contribution in [0.5, 0.6) is 0 Å². The molecule has 1 aromatic carbocycles. The van der Waals surface area contributed by atoms with Crippen LogP contribution in [-0.4, -0.2) is 45.8 Å². The molecule has 0 radical (unpaired) electrons. The number of hydrogen-bond donors (Lipinski definition) is 1. The fourth-order valence-electron chi connectivity index (χ4n) is 3.12. The molecule has 1 fully saturated rings. The lowest BCUT2D eigenvalue weighted by atomic mass is 10.0. The summed E-state index contributed by atoms with van der Waals surface area (Å²) in [5, 5.41) is 18.2. The average Bonchev–Trinajstić information content (AvgIpc) is 3.10. The Morgan fingerprint density at radius 2 is 2.04 bits per heavy atom. The predicted octanol–water partition coefficient (Wildman–Crippen LogP) is 2.42. The number of hydrogen-bond acceptors (Lipinski definition) is 5. The van der Waals surface area contributed by atoms with Gasteiger partial charge in [-0.05, 0) is 22.5 Å². The standard InChI is InChI=1S/C17H23N5O2.ClH/c1-2-14-3-5-15(6-4-14)16-13-18-8-10-20(16)11-12-21-9-7-17(19-21)22(23)24;/h3-7,9,16,18H,2,8,10-13H2,1H3;1H. The van der Waals surface area contributed by atoms with Crippen LogP contribution in [0.2, 0.25) is 0 Å². The fourth-order valence-corrected chi connectivity index (χ4v) is 3.12. The Balaban J connectivity index is 0.00000225. The number of aryl methyl sites for hydroxylation is 1. The molecule has 0 amide bonds. The minimum absolute atomic E-state index is 0. The lowest BCUT2D eigenvalue weighted by Crippen LogP contribution is -2.47. The molecule has 0 spiro atoms. The number of aromatic nitrogens is 2. The summed E-state index contributed by atoms with van der Waals surface area (Å²) >= 11 is 0. The molecule has 3 rings (SSSR count). The van der Waals surface area contributed by atoms with Crippen LogP contribution in [0.1, 0.15) is 24.1 Å². The molecule has 1 aliphatic rings. The van der Waals surface area contributed by atoms with Crippen LogP contribution in [0.3, 0.4) is 0 Å².